The van der Waals surface area contributed by atoms with Gasteiger partial charge in [-0.25, -0.2) is 4.98 Å². The van der Waals surface area contributed by atoms with Gasteiger partial charge in [0.05, 0.1) is 0 Å². The Kier molecular flexibility index (Phi) is 5.46. The Morgan fingerprint density at radius 3 is 2.58 bits per heavy atom. The molecule has 0 aromatic carbocycles. The fraction of sp³-hybridized carbons (Fsp3) is 0.300. The monoisotopic (exact) mass is 162 g/mol. The molecule has 0 radical (unpaired) electrons. The maximum absolute atomic E-state index is 5.41. The number of nitrogens with two attached hydrogens (primary N) is 1. The molecule has 0 aliphatic carbocycles. The standard InChI is InChI=1S/C8H8N2.C2H6/c1-2-3-7-4-5-10-8(9)6-7;1-2/h4-6H,1H3,(H2,9,10);1-2H3. The average Bonchev–Trinajstić information content (AvgIpc) is 2.09. The lowest BCUT2D eigenvalue weighted by Crippen LogP contribution is -1.88. The van der Waals surface area contributed by atoms with Crippen molar-refractivity contribution in [3.63, 3.8) is 0 Å². The highest BCUT2D eigenvalue weighted by Crippen LogP contribution is 1.99. The smallest absolute Gasteiger partial charge is 0.124 e. The molecule has 2 heteroatoms. The lowest BCUT2D eigenvalue weighted by Gasteiger charge is -1.90. The van der Waals surface area contributed by atoms with Crippen molar-refractivity contribution >= 4 is 5.82 Å². The number of anilines is 1. The number of nitrogen functional groups attached to an aromatic ring is 1. The molecule has 0 aliphatic heterocycles. The van der Waals surface area contributed by atoms with Crippen LogP contribution in [0.1, 0.15) is 26.3 Å². The summed E-state index contributed by atoms with van der Waals surface area (Å²) in [7, 11) is 0. The van der Waals surface area contributed by atoms with Crippen LogP contribution >= 0.6 is 0 Å². The fourth-order valence-electron chi connectivity index (χ4n) is 0.670. The van der Waals surface area contributed by atoms with Gasteiger partial charge in [-0.3, -0.25) is 0 Å². The van der Waals surface area contributed by atoms with Crippen LogP contribution in [0.4, 0.5) is 5.82 Å². The Morgan fingerprint density at radius 1 is 1.42 bits per heavy atom. The minimum Gasteiger partial charge on any atom is -0.384 e. The van der Waals surface area contributed by atoms with E-state index in [9.17, 15) is 0 Å². The molecule has 0 spiro atoms. The van der Waals surface area contributed by atoms with Crippen molar-refractivity contribution in [3.8, 4) is 11.8 Å². The Hall–Kier alpha value is -1.49. The molecule has 1 rings (SSSR count). The molecule has 1 heterocycles. The topological polar surface area (TPSA) is 38.9 Å². The molecular weight excluding hydrogens is 148 g/mol. The van der Waals surface area contributed by atoms with E-state index < -0.39 is 0 Å². The van der Waals surface area contributed by atoms with Crippen molar-refractivity contribution in [2.75, 3.05) is 5.73 Å². The first-order valence-electron chi connectivity index (χ1n) is 3.97. The Bertz CT molecular complexity index is 281. The van der Waals surface area contributed by atoms with Crippen molar-refractivity contribution in [1.82, 2.24) is 4.98 Å². The summed E-state index contributed by atoms with van der Waals surface area (Å²) in [5.41, 5.74) is 6.32. The molecule has 2 nitrogen and oxygen atoms in total. The van der Waals surface area contributed by atoms with Crippen molar-refractivity contribution in [1.29, 1.82) is 0 Å². The average molecular weight is 162 g/mol. The van der Waals surface area contributed by atoms with Gasteiger partial charge in [-0.2, -0.15) is 0 Å². The van der Waals surface area contributed by atoms with E-state index >= 15 is 0 Å². The summed E-state index contributed by atoms with van der Waals surface area (Å²) in [4.78, 5) is 3.83. The van der Waals surface area contributed by atoms with E-state index in [4.69, 9.17) is 5.73 Å². The van der Waals surface area contributed by atoms with Crippen LogP contribution in [0.5, 0.6) is 0 Å². The second kappa shape index (κ2) is 6.23. The molecule has 0 saturated heterocycles. The summed E-state index contributed by atoms with van der Waals surface area (Å²) in [6.07, 6.45) is 1.65. The van der Waals surface area contributed by atoms with Crippen molar-refractivity contribution in [2.45, 2.75) is 20.8 Å². The second-order valence-electron chi connectivity index (χ2n) is 1.84. The highest BCUT2D eigenvalue weighted by Gasteiger charge is 1.86. The molecule has 1 aromatic heterocycles. The summed E-state index contributed by atoms with van der Waals surface area (Å²) < 4.78 is 0. The molecule has 0 fully saturated rings. The van der Waals surface area contributed by atoms with Crippen LogP contribution < -0.4 is 5.73 Å². The SMILES string of the molecule is CC.CC#Cc1ccnc(N)c1. The third-order valence-electron chi connectivity index (χ3n) is 1.05. The zero-order valence-corrected chi connectivity index (χ0v) is 7.76. The molecule has 0 unspecified atom stereocenters. The molecule has 0 atom stereocenters. The maximum atomic E-state index is 5.41. The Labute approximate surface area is 73.8 Å². The summed E-state index contributed by atoms with van der Waals surface area (Å²) in [6.45, 7) is 5.79. The number of aromatic nitrogens is 1. The van der Waals surface area contributed by atoms with Crippen LogP contribution in [-0.2, 0) is 0 Å². The van der Waals surface area contributed by atoms with Gasteiger partial charge in [0.1, 0.15) is 5.82 Å². The summed E-state index contributed by atoms with van der Waals surface area (Å²) in [5, 5.41) is 0. The van der Waals surface area contributed by atoms with E-state index in [1.165, 1.54) is 0 Å². The lowest BCUT2D eigenvalue weighted by atomic mass is 10.3. The third kappa shape index (κ3) is 3.62. The van der Waals surface area contributed by atoms with Crippen LogP contribution in [0, 0.1) is 11.8 Å². The summed E-state index contributed by atoms with van der Waals surface area (Å²) >= 11 is 0. The van der Waals surface area contributed by atoms with Gasteiger partial charge in [0.25, 0.3) is 0 Å². The zero-order chi connectivity index (χ0) is 9.40. The lowest BCUT2D eigenvalue weighted by molar-refractivity contribution is 1.33. The third-order valence-corrected chi connectivity index (χ3v) is 1.05. The van der Waals surface area contributed by atoms with Gasteiger partial charge in [0.15, 0.2) is 0 Å². The predicted molar refractivity (Wildman–Crippen MR) is 52.5 cm³/mol. The van der Waals surface area contributed by atoms with Crippen LogP contribution in [0.2, 0.25) is 0 Å². The number of hydrogen-bond acceptors (Lipinski definition) is 2. The highest BCUT2D eigenvalue weighted by molar-refractivity contribution is 5.41. The van der Waals surface area contributed by atoms with Gasteiger partial charge < -0.3 is 5.73 Å². The second-order valence-corrected chi connectivity index (χ2v) is 1.84. The minimum atomic E-state index is 0.514. The van der Waals surface area contributed by atoms with Crippen molar-refractivity contribution in [2.24, 2.45) is 0 Å². The molecule has 1 aromatic rings. The van der Waals surface area contributed by atoms with Gasteiger partial charge in [0, 0.05) is 11.8 Å². The molecule has 0 aliphatic rings. The predicted octanol–water partition coefficient (Wildman–Crippen LogP) is 2.06. The first-order chi connectivity index (χ1) is 5.83. The van der Waals surface area contributed by atoms with E-state index in [2.05, 4.69) is 16.8 Å². The summed E-state index contributed by atoms with van der Waals surface area (Å²) in [6, 6.07) is 3.57. The molecule has 2 N–H and O–H groups in total. The Morgan fingerprint density at radius 2 is 2.08 bits per heavy atom. The molecule has 0 amide bonds. The quantitative estimate of drug-likeness (QED) is 0.593. The first kappa shape index (κ1) is 10.5. The normalized spacial score (nSPS) is 7.25. The zero-order valence-electron chi connectivity index (χ0n) is 7.76. The number of nitrogens with zero attached hydrogens (tertiary/aromatic N) is 1. The summed E-state index contributed by atoms with van der Waals surface area (Å²) in [5.74, 6) is 6.17. The number of rotatable bonds is 0. The number of hydrogen-bond donors (Lipinski definition) is 1. The van der Waals surface area contributed by atoms with E-state index in [1.807, 2.05) is 19.9 Å². The van der Waals surface area contributed by atoms with Gasteiger partial charge in [0.2, 0.25) is 0 Å². The van der Waals surface area contributed by atoms with Gasteiger partial charge >= 0.3 is 0 Å². The van der Waals surface area contributed by atoms with Gasteiger partial charge in [-0.05, 0) is 19.1 Å². The van der Waals surface area contributed by atoms with E-state index in [0.29, 0.717) is 5.82 Å². The Balaban J connectivity index is 0.000000561. The van der Waals surface area contributed by atoms with Crippen molar-refractivity contribution < 1.29 is 0 Å². The van der Waals surface area contributed by atoms with Crippen LogP contribution in [-0.4, -0.2) is 4.98 Å². The van der Waals surface area contributed by atoms with Crippen LogP contribution in [0.3, 0.4) is 0 Å². The van der Waals surface area contributed by atoms with Gasteiger partial charge in [-0.1, -0.05) is 19.8 Å². The number of pyridine rings is 1. The molecule has 0 bridgehead atoms. The molecular formula is C10H14N2. The fourth-order valence-corrected chi connectivity index (χ4v) is 0.670. The van der Waals surface area contributed by atoms with E-state index in [0.717, 1.165) is 5.56 Å². The first-order valence-corrected chi connectivity index (χ1v) is 3.97. The molecule has 0 saturated carbocycles. The van der Waals surface area contributed by atoms with Crippen LogP contribution in [0.25, 0.3) is 0 Å². The molecule has 12 heavy (non-hydrogen) atoms. The largest absolute Gasteiger partial charge is 0.384 e. The van der Waals surface area contributed by atoms with Gasteiger partial charge in [-0.15, -0.1) is 5.92 Å². The maximum Gasteiger partial charge on any atom is 0.124 e. The van der Waals surface area contributed by atoms with E-state index in [-0.39, 0.29) is 0 Å². The highest BCUT2D eigenvalue weighted by atomic mass is 14.8. The molecule has 64 valence electrons. The van der Waals surface area contributed by atoms with E-state index in [1.54, 1.807) is 19.2 Å². The minimum absolute atomic E-state index is 0.514. The van der Waals surface area contributed by atoms with Crippen molar-refractivity contribution in [3.05, 3.63) is 23.9 Å². The van der Waals surface area contributed by atoms with Crippen LogP contribution in [0.15, 0.2) is 18.3 Å².